The fraction of sp³-hybridized carbons (Fsp3) is 0.931. The number of rotatable bonds is 24. The van der Waals surface area contributed by atoms with E-state index in [1.54, 1.807) is 12.1 Å². The highest BCUT2D eigenvalue weighted by molar-refractivity contribution is 6.83. The largest absolute Gasteiger partial charge is 0.0984 e. The van der Waals surface area contributed by atoms with Crippen LogP contribution >= 0.6 is 0 Å². The normalized spacial score (nSPS) is 12.3. The van der Waals surface area contributed by atoms with Crippen molar-refractivity contribution in [1.82, 2.24) is 0 Å². The second kappa shape index (κ2) is 23.6. The van der Waals surface area contributed by atoms with Gasteiger partial charge in [-0.05, 0) is 12.8 Å². The van der Waals surface area contributed by atoms with E-state index in [1.807, 2.05) is 0 Å². The van der Waals surface area contributed by atoms with Gasteiger partial charge in [-0.2, -0.15) is 0 Å². The molecule has 1 heteroatoms. The maximum Gasteiger partial charge on any atom is 0.0743 e. The minimum absolute atomic E-state index is 1.16. The molecule has 0 saturated carbocycles. The number of unbranched alkanes of at least 4 members (excludes halogenated alkanes) is 18. The summed E-state index contributed by atoms with van der Waals surface area (Å²) in [6, 6.07) is 3.09. The summed E-state index contributed by atoms with van der Waals surface area (Å²) < 4.78 is 0. The van der Waals surface area contributed by atoms with Crippen LogP contribution in [-0.2, 0) is 0 Å². The number of hydrogen-bond donors (Lipinski definition) is 0. The van der Waals surface area contributed by atoms with Gasteiger partial charge in [-0.3, -0.25) is 0 Å². The third-order valence-corrected chi connectivity index (χ3v) is 11.0. The summed E-state index contributed by atoms with van der Waals surface area (Å²) >= 11 is 0. The molecular formula is C29H60Si. The summed E-state index contributed by atoms with van der Waals surface area (Å²) in [4.78, 5) is 0. The van der Waals surface area contributed by atoms with Crippen molar-refractivity contribution >= 4 is 8.07 Å². The van der Waals surface area contributed by atoms with Gasteiger partial charge in [0.25, 0.3) is 0 Å². The lowest BCUT2D eigenvalue weighted by Crippen LogP contribution is -2.27. The topological polar surface area (TPSA) is 0 Å². The molecule has 0 aromatic carbocycles. The average molecular weight is 437 g/mol. The average Bonchev–Trinajstić information content (AvgIpc) is 2.74. The predicted molar refractivity (Wildman–Crippen MR) is 144 cm³/mol. The summed E-state index contributed by atoms with van der Waals surface area (Å²) in [5.74, 6) is 0. The second-order valence-electron chi connectivity index (χ2n) is 10.4. The highest BCUT2D eigenvalue weighted by Crippen LogP contribution is 2.25. The van der Waals surface area contributed by atoms with Crippen molar-refractivity contribution in [3.8, 4) is 0 Å². The predicted octanol–water partition coefficient (Wildman–Crippen LogP) is 11.4. The molecular weight excluding hydrogens is 376 g/mol. The van der Waals surface area contributed by atoms with Crippen LogP contribution in [0.1, 0.15) is 156 Å². The summed E-state index contributed by atoms with van der Waals surface area (Å²) in [7, 11) is -1.16. The van der Waals surface area contributed by atoms with Gasteiger partial charge in [-0.1, -0.05) is 173 Å². The Morgan fingerprint density at radius 3 is 1.17 bits per heavy atom. The Morgan fingerprint density at radius 2 is 0.767 bits per heavy atom. The van der Waals surface area contributed by atoms with Gasteiger partial charge in [0.05, 0.1) is 8.07 Å². The van der Waals surface area contributed by atoms with Crippen LogP contribution in [0.15, 0.2) is 11.8 Å². The number of allylic oxidation sites excluding steroid dienone is 1. The second-order valence-corrected chi connectivity index (χ2v) is 15.0. The van der Waals surface area contributed by atoms with Gasteiger partial charge in [0.1, 0.15) is 0 Å². The first kappa shape index (κ1) is 30.0. The minimum Gasteiger partial charge on any atom is -0.0984 e. The highest BCUT2D eigenvalue weighted by atomic mass is 28.3. The van der Waals surface area contributed by atoms with Gasteiger partial charge in [-0.15, -0.1) is 0 Å². The molecule has 0 heterocycles. The fourth-order valence-electron chi connectivity index (χ4n) is 4.67. The SMILES string of the molecule is CCCCCCC=C[Si](C)(CCCCCCCCCC)CCCCCCCCCC. The molecule has 0 unspecified atom stereocenters. The van der Waals surface area contributed by atoms with Crippen molar-refractivity contribution in [2.24, 2.45) is 0 Å². The van der Waals surface area contributed by atoms with Crippen molar-refractivity contribution in [2.75, 3.05) is 0 Å². The van der Waals surface area contributed by atoms with E-state index < -0.39 is 8.07 Å². The molecule has 0 rings (SSSR count). The fourth-order valence-corrected chi connectivity index (χ4v) is 8.11. The Kier molecular flexibility index (Phi) is 23.6. The molecule has 0 aromatic rings. The Bertz CT molecular complexity index is 326. The minimum atomic E-state index is -1.16. The van der Waals surface area contributed by atoms with E-state index in [0.717, 1.165) is 0 Å². The molecule has 30 heavy (non-hydrogen) atoms. The van der Waals surface area contributed by atoms with Crippen LogP contribution in [0, 0.1) is 0 Å². The van der Waals surface area contributed by atoms with Gasteiger partial charge in [0.15, 0.2) is 0 Å². The molecule has 0 bridgehead atoms. The summed E-state index contributed by atoms with van der Waals surface area (Å²) in [6.07, 6.45) is 32.9. The molecule has 0 nitrogen and oxygen atoms in total. The molecule has 0 aliphatic heterocycles. The van der Waals surface area contributed by atoms with E-state index >= 15 is 0 Å². The maximum atomic E-state index is 2.77. The van der Waals surface area contributed by atoms with Gasteiger partial charge >= 0.3 is 0 Å². The summed E-state index contributed by atoms with van der Waals surface area (Å²) in [6.45, 7) is 9.63. The van der Waals surface area contributed by atoms with Crippen LogP contribution in [-0.4, -0.2) is 8.07 Å². The first-order valence-corrected chi connectivity index (χ1v) is 17.4. The van der Waals surface area contributed by atoms with Crippen molar-refractivity contribution in [1.29, 1.82) is 0 Å². The van der Waals surface area contributed by atoms with E-state index in [-0.39, 0.29) is 0 Å². The Balaban J connectivity index is 4.12. The Labute approximate surface area is 194 Å². The first-order chi connectivity index (χ1) is 14.7. The molecule has 0 atom stereocenters. The van der Waals surface area contributed by atoms with Gasteiger partial charge in [0.2, 0.25) is 0 Å². The maximum absolute atomic E-state index is 2.77. The molecule has 0 fully saturated rings. The van der Waals surface area contributed by atoms with E-state index in [0.29, 0.717) is 0 Å². The van der Waals surface area contributed by atoms with Crippen LogP contribution in [0.5, 0.6) is 0 Å². The highest BCUT2D eigenvalue weighted by Gasteiger charge is 2.22. The molecule has 0 amide bonds. The Morgan fingerprint density at radius 1 is 0.433 bits per heavy atom. The van der Waals surface area contributed by atoms with Gasteiger partial charge < -0.3 is 0 Å². The van der Waals surface area contributed by atoms with Crippen molar-refractivity contribution in [2.45, 2.75) is 174 Å². The zero-order chi connectivity index (χ0) is 22.2. The van der Waals surface area contributed by atoms with Gasteiger partial charge in [0, 0.05) is 0 Å². The molecule has 0 spiro atoms. The smallest absolute Gasteiger partial charge is 0.0743 e. The van der Waals surface area contributed by atoms with Crippen LogP contribution in [0.3, 0.4) is 0 Å². The van der Waals surface area contributed by atoms with Crippen LogP contribution in [0.4, 0.5) is 0 Å². The number of hydrogen-bond acceptors (Lipinski definition) is 0. The third-order valence-electron chi connectivity index (χ3n) is 6.95. The summed E-state index contributed by atoms with van der Waals surface area (Å²) in [5.41, 5.74) is 2.77. The van der Waals surface area contributed by atoms with Crippen LogP contribution < -0.4 is 0 Å². The van der Waals surface area contributed by atoms with Crippen molar-refractivity contribution < 1.29 is 0 Å². The summed E-state index contributed by atoms with van der Waals surface area (Å²) in [5, 5.41) is 0. The van der Waals surface area contributed by atoms with Crippen molar-refractivity contribution in [3.05, 3.63) is 11.8 Å². The van der Waals surface area contributed by atoms with Crippen molar-refractivity contribution in [3.63, 3.8) is 0 Å². The lowest BCUT2D eigenvalue weighted by atomic mass is 10.1. The lowest BCUT2D eigenvalue weighted by Gasteiger charge is -2.24. The van der Waals surface area contributed by atoms with E-state index in [1.165, 1.54) is 135 Å². The molecule has 0 radical (unpaired) electrons. The quantitative estimate of drug-likeness (QED) is 0.104. The molecule has 0 aliphatic rings. The zero-order valence-electron chi connectivity index (χ0n) is 21.9. The first-order valence-electron chi connectivity index (χ1n) is 14.4. The molecule has 0 aromatic heterocycles. The third kappa shape index (κ3) is 21.2. The van der Waals surface area contributed by atoms with E-state index in [4.69, 9.17) is 0 Å². The molecule has 180 valence electrons. The Hall–Kier alpha value is -0.0431. The molecule has 0 saturated heterocycles. The lowest BCUT2D eigenvalue weighted by molar-refractivity contribution is 0.580. The monoisotopic (exact) mass is 436 g/mol. The molecule has 0 N–H and O–H groups in total. The van der Waals surface area contributed by atoms with Crippen LogP contribution in [0.2, 0.25) is 18.6 Å². The zero-order valence-corrected chi connectivity index (χ0v) is 22.9. The van der Waals surface area contributed by atoms with E-state index in [9.17, 15) is 0 Å². The molecule has 0 aliphatic carbocycles. The van der Waals surface area contributed by atoms with E-state index in [2.05, 4.69) is 39.1 Å². The van der Waals surface area contributed by atoms with Gasteiger partial charge in [-0.25, -0.2) is 0 Å². The van der Waals surface area contributed by atoms with Crippen LogP contribution in [0.25, 0.3) is 0 Å². The standard InChI is InChI=1S/C29H60Si/c1-5-8-11-14-17-19-22-25-28-30(4,27-24-21-16-13-10-7-3)29-26-23-20-18-15-12-9-6-2/h24,27H,5-23,25-26,28-29H2,1-4H3.